The van der Waals surface area contributed by atoms with Crippen LogP contribution >= 0.6 is 0 Å². The molecule has 0 aliphatic carbocycles. The molecule has 2 aromatic heterocycles. The Morgan fingerprint density at radius 3 is 2.42 bits per heavy atom. The smallest absolute Gasteiger partial charge is 0.242 e. The van der Waals surface area contributed by atoms with Gasteiger partial charge in [0.15, 0.2) is 0 Å². The summed E-state index contributed by atoms with van der Waals surface area (Å²) in [6.45, 7) is 4.48. The van der Waals surface area contributed by atoms with Crippen molar-refractivity contribution in [1.82, 2.24) is 24.8 Å². The van der Waals surface area contributed by atoms with Crippen LogP contribution in [-0.2, 0) is 16.1 Å². The predicted molar refractivity (Wildman–Crippen MR) is 96.2 cm³/mol. The summed E-state index contributed by atoms with van der Waals surface area (Å²) in [5.74, 6) is 0.512. The fraction of sp³-hybridized carbons (Fsp3) is 0.389. The second-order valence-electron chi connectivity index (χ2n) is 6.15. The average molecular weight is 354 g/mol. The Bertz CT molecular complexity index is 732. The van der Waals surface area contributed by atoms with E-state index >= 15 is 0 Å². The van der Waals surface area contributed by atoms with Crippen LogP contribution in [0, 0.1) is 0 Å². The third-order valence-corrected chi connectivity index (χ3v) is 4.34. The molecule has 2 aromatic rings. The first kappa shape index (κ1) is 17.8. The molecule has 0 radical (unpaired) electrons. The molecule has 0 aromatic carbocycles. The van der Waals surface area contributed by atoms with E-state index in [0.717, 1.165) is 5.56 Å². The first-order valence-corrected chi connectivity index (χ1v) is 8.57. The lowest BCUT2D eigenvalue weighted by Crippen LogP contribution is -2.52. The molecule has 0 saturated carbocycles. The molecule has 8 nitrogen and oxygen atoms in total. The highest BCUT2D eigenvalue weighted by molar-refractivity contribution is 5.84. The number of carbonyl (C=O) groups excluding carboxylic acids is 2. The molecule has 2 amide bonds. The van der Waals surface area contributed by atoms with Crippen LogP contribution in [0.25, 0.3) is 0 Å². The Kier molecular flexibility index (Phi) is 5.73. The van der Waals surface area contributed by atoms with Gasteiger partial charge < -0.3 is 14.7 Å². The van der Waals surface area contributed by atoms with Crippen molar-refractivity contribution in [2.24, 2.45) is 0 Å². The monoisotopic (exact) mass is 354 g/mol. The van der Waals surface area contributed by atoms with Crippen LogP contribution in [0.5, 0.6) is 0 Å². The molecule has 3 heterocycles. The fourth-order valence-corrected chi connectivity index (χ4v) is 2.86. The predicted octanol–water partition coefficient (Wildman–Crippen LogP) is 0.569. The minimum Gasteiger partial charge on any atom is -0.338 e. The van der Waals surface area contributed by atoms with Gasteiger partial charge in [-0.25, -0.2) is 9.97 Å². The Balaban J connectivity index is 1.54. The third kappa shape index (κ3) is 4.53. The van der Waals surface area contributed by atoms with E-state index in [-0.39, 0.29) is 18.4 Å². The standard InChI is InChI=1S/C18H22N6O2/c1-15(25)24(13-16-4-2-5-19-12-16)14-17(26)22-8-10-23(11-9-22)18-20-6-3-7-21-18/h2-7,12H,8-11,13-14H2,1H3. The van der Waals surface area contributed by atoms with Gasteiger partial charge in [-0.2, -0.15) is 0 Å². The van der Waals surface area contributed by atoms with Crippen molar-refractivity contribution in [2.75, 3.05) is 37.6 Å². The van der Waals surface area contributed by atoms with Crippen molar-refractivity contribution in [2.45, 2.75) is 13.5 Å². The number of aromatic nitrogens is 3. The lowest BCUT2D eigenvalue weighted by atomic mass is 10.2. The van der Waals surface area contributed by atoms with Gasteiger partial charge in [-0.3, -0.25) is 14.6 Å². The Labute approximate surface area is 152 Å². The van der Waals surface area contributed by atoms with Crippen LogP contribution < -0.4 is 4.90 Å². The number of hydrogen-bond acceptors (Lipinski definition) is 6. The summed E-state index contributed by atoms with van der Waals surface area (Å²) in [5, 5.41) is 0. The van der Waals surface area contributed by atoms with Gasteiger partial charge in [-0.15, -0.1) is 0 Å². The van der Waals surface area contributed by atoms with E-state index in [1.807, 2.05) is 12.1 Å². The third-order valence-electron chi connectivity index (χ3n) is 4.34. The normalized spacial score (nSPS) is 14.2. The van der Waals surface area contributed by atoms with Gasteiger partial charge >= 0.3 is 0 Å². The van der Waals surface area contributed by atoms with Crippen LogP contribution in [0.4, 0.5) is 5.95 Å². The largest absolute Gasteiger partial charge is 0.338 e. The molecule has 0 N–H and O–H groups in total. The zero-order valence-corrected chi connectivity index (χ0v) is 14.8. The molecule has 0 bridgehead atoms. The summed E-state index contributed by atoms with van der Waals surface area (Å²) in [6, 6.07) is 5.49. The highest BCUT2D eigenvalue weighted by Crippen LogP contribution is 2.11. The molecule has 1 saturated heterocycles. The van der Waals surface area contributed by atoms with Crippen LogP contribution in [0.3, 0.4) is 0 Å². The molecule has 8 heteroatoms. The summed E-state index contributed by atoms with van der Waals surface area (Å²) in [6.07, 6.45) is 6.81. The number of amides is 2. The van der Waals surface area contributed by atoms with Crippen molar-refractivity contribution in [3.05, 3.63) is 48.5 Å². The second kappa shape index (κ2) is 8.37. The number of pyridine rings is 1. The van der Waals surface area contributed by atoms with E-state index < -0.39 is 0 Å². The van der Waals surface area contributed by atoms with E-state index in [1.54, 1.807) is 40.7 Å². The topological polar surface area (TPSA) is 82.5 Å². The number of piperazine rings is 1. The molecule has 26 heavy (non-hydrogen) atoms. The maximum absolute atomic E-state index is 12.6. The highest BCUT2D eigenvalue weighted by Gasteiger charge is 2.24. The molecular formula is C18H22N6O2. The summed E-state index contributed by atoms with van der Waals surface area (Å²) in [7, 11) is 0. The zero-order chi connectivity index (χ0) is 18.4. The molecule has 1 aliphatic rings. The molecule has 136 valence electrons. The Morgan fingerprint density at radius 2 is 1.81 bits per heavy atom. The number of anilines is 1. The summed E-state index contributed by atoms with van der Waals surface area (Å²) in [4.78, 5) is 42.5. The van der Waals surface area contributed by atoms with Crippen LogP contribution in [0.1, 0.15) is 12.5 Å². The molecule has 0 unspecified atom stereocenters. The fourth-order valence-electron chi connectivity index (χ4n) is 2.86. The molecule has 1 aliphatic heterocycles. The van der Waals surface area contributed by atoms with E-state index in [4.69, 9.17) is 0 Å². The molecule has 1 fully saturated rings. The second-order valence-corrected chi connectivity index (χ2v) is 6.15. The van der Waals surface area contributed by atoms with Gasteiger partial charge in [-0.05, 0) is 17.7 Å². The number of hydrogen-bond donors (Lipinski definition) is 0. The zero-order valence-electron chi connectivity index (χ0n) is 14.8. The van der Waals surface area contributed by atoms with Crippen molar-refractivity contribution in [1.29, 1.82) is 0 Å². The van der Waals surface area contributed by atoms with Crippen molar-refractivity contribution in [3.63, 3.8) is 0 Å². The lowest BCUT2D eigenvalue weighted by Gasteiger charge is -2.35. The minimum atomic E-state index is -0.126. The minimum absolute atomic E-state index is 0.0438. The molecular weight excluding hydrogens is 332 g/mol. The van der Waals surface area contributed by atoms with Crippen molar-refractivity contribution in [3.8, 4) is 0 Å². The van der Waals surface area contributed by atoms with Crippen LogP contribution in [-0.4, -0.2) is 69.3 Å². The van der Waals surface area contributed by atoms with Gasteiger partial charge in [0.25, 0.3) is 0 Å². The Hall–Kier alpha value is -3.03. The number of nitrogens with zero attached hydrogens (tertiary/aromatic N) is 6. The van der Waals surface area contributed by atoms with Gasteiger partial charge in [0.05, 0.1) is 0 Å². The van der Waals surface area contributed by atoms with E-state index in [2.05, 4.69) is 19.9 Å². The lowest BCUT2D eigenvalue weighted by molar-refractivity contribution is -0.140. The Morgan fingerprint density at radius 1 is 1.08 bits per heavy atom. The number of carbonyl (C=O) groups is 2. The first-order valence-electron chi connectivity index (χ1n) is 8.57. The van der Waals surface area contributed by atoms with Crippen molar-refractivity contribution < 1.29 is 9.59 Å². The average Bonchev–Trinajstić information content (AvgIpc) is 2.69. The van der Waals surface area contributed by atoms with E-state index in [9.17, 15) is 9.59 Å². The molecule has 0 spiro atoms. The molecule has 0 atom stereocenters. The van der Waals surface area contributed by atoms with Gasteiger partial charge in [0, 0.05) is 64.4 Å². The van der Waals surface area contributed by atoms with E-state index in [1.165, 1.54) is 6.92 Å². The van der Waals surface area contributed by atoms with Gasteiger partial charge in [0.2, 0.25) is 17.8 Å². The SMILES string of the molecule is CC(=O)N(CC(=O)N1CCN(c2ncccn2)CC1)Cc1cccnc1. The van der Waals surface area contributed by atoms with Crippen LogP contribution in [0.2, 0.25) is 0 Å². The number of rotatable bonds is 5. The molecule has 3 rings (SSSR count). The quantitative estimate of drug-likeness (QED) is 0.781. The summed E-state index contributed by atoms with van der Waals surface area (Å²) in [5.41, 5.74) is 0.904. The highest BCUT2D eigenvalue weighted by atomic mass is 16.2. The maximum atomic E-state index is 12.6. The van der Waals surface area contributed by atoms with Gasteiger partial charge in [-0.1, -0.05) is 6.07 Å². The van der Waals surface area contributed by atoms with E-state index in [0.29, 0.717) is 38.7 Å². The summed E-state index contributed by atoms with van der Waals surface area (Å²) < 4.78 is 0. The first-order chi connectivity index (χ1) is 12.6. The van der Waals surface area contributed by atoms with Gasteiger partial charge in [0.1, 0.15) is 6.54 Å². The van der Waals surface area contributed by atoms with Crippen molar-refractivity contribution >= 4 is 17.8 Å². The maximum Gasteiger partial charge on any atom is 0.242 e. The van der Waals surface area contributed by atoms with Crippen LogP contribution in [0.15, 0.2) is 43.0 Å². The summed E-state index contributed by atoms with van der Waals surface area (Å²) >= 11 is 0.